The van der Waals surface area contributed by atoms with Crippen molar-refractivity contribution in [3.8, 4) is 0 Å². The summed E-state index contributed by atoms with van der Waals surface area (Å²) in [5.41, 5.74) is 3.89. The third-order valence-electron chi connectivity index (χ3n) is 6.47. The molecule has 34 heavy (non-hydrogen) atoms. The van der Waals surface area contributed by atoms with Gasteiger partial charge in [0.1, 0.15) is 5.82 Å². The molecule has 0 bridgehead atoms. The molecule has 174 valence electrons. The van der Waals surface area contributed by atoms with Gasteiger partial charge in [0.15, 0.2) is 5.65 Å². The van der Waals surface area contributed by atoms with E-state index in [0.29, 0.717) is 13.1 Å². The first kappa shape index (κ1) is 22.5. The van der Waals surface area contributed by atoms with Crippen molar-refractivity contribution < 1.29 is 4.79 Å². The molecule has 1 fully saturated rings. The van der Waals surface area contributed by atoms with Gasteiger partial charge in [-0.3, -0.25) is 9.78 Å². The normalized spacial score (nSPS) is 17.0. The van der Waals surface area contributed by atoms with Gasteiger partial charge in [-0.15, -0.1) is 0 Å². The third kappa shape index (κ3) is 4.68. The van der Waals surface area contributed by atoms with Crippen LogP contribution in [0.3, 0.4) is 0 Å². The molecular weight excluding hydrogens is 492 g/mol. The van der Waals surface area contributed by atoms with Gasteiger partial charge in [0.25, 0.3) is 0 Å². The molecule has 2 unspecified atom stereocenters. The minimum absolute atomic E-state index is 0.156. The number of carbonyl (C=O) groups excluding carboxylic acids is 1. The number of nitrogens with one attached hydrogen (secondary N) is 1. The van der Waals surface area contributed by atoms with Gasteiger partial charge in [-0.25, -0.2) is 4.98 Å². The Morgan fingerprint density at radius 2 is 2.06 bits per heavy atom. The monoisotopic (exact) mass is 518 g/mol. The van der Waals surface area contributed by atoms with Crippen LogP contribution in [-0.4, -0.2) is 43.5 Å². The Balaban J connectivity index is 1.38. The fourth-order valence-corrected chi connectivity index (χ4v) is 4.91. The Labute approximate surface area is 207 Å². The van der Waals surface area contributed by atoms with Gasteiger partial charge in [-0.1, -0.05) is 36.4 Å². The van der Waals surface area contributed by atoms with E-state index in [0.717, 1.165) is 52.1 Å². The second-order valence-corrected chi connectivity index (χ2v) is 9.62. The summed E-state index contributed by atoms with van der Waals surface area (Å²) >= 11 is 3.59. The first-order valence-electron chi connectivity index (χ1n) is 11.6. The van der Waals surface area contributed by atoms with Gasteiger partial charge >= 0.3 is 0 Å². The van der Waals surface area contributed by atoms with E-state index in [2.05, 4.69) is 37.4 Å². The van der Waals surface area contributed by atoms with Crippen molar-refractivity contribution in [1.82, 2.24) is 24.5 Å². The quantitative estimate of drug-likeness (QED) is 0.388. The molecule has 5 rings (SSSR count). The fraction of sp³-hybridized carbons (Fsp3) is 0.308. The van der Waals surface area contributed by atoms with Crippen molar-refractivity contribution in [3.05, 3.63) is 88.4 Å². The number of benzene rings is 1. The van der Waals surface area contributed by atoms with Gasteiger partial charge in [-0.05, 0) is 52.9 Å². The Hall–Kier alpha value is -3.26. The van der Waals surface area contributed by atoms with Gasteiger partial charge in [0.05, 0.1) is 22.3 Å². The zero-order valence-electron chi connectivity index (χ0n) is 19.1. The molecule has 4 aromatic rings. The van der Waals surface area contributed by atoms with Crippen LogP contribution in [0, 0.1) is 0 Å². The minimum atomic E-state index is -0.156. The van der Waals surface area contributed by atoms with Gasteiger partial charge in [-0.2, -0.15) is 9.61 Å². The lowest BCUT2D eigenvalue weighted by atomic mass is 9.92. The predicted octanol–water partition coefficient (Wildman–Crippen LogP) is 5.01. The second kappa shape index (κ2) is 9.93. The summed E-state index contributed by atoms with van der Waals surface area (Å²) < 4.78 is 2.66. The maximum atomic E-state index is 13.3. The summed E-state index contributed by atoms with van der Waals surface area (Å²) in [7, 11) is 0. The molecule has 2 atom stereocenters. The zero-order chi connectivity index (χ0) is 23.5. The van der Waals surface area contributed by atoms with E-state index >= 15 is 0 Å². The largest absolute Gasteiger partial charge is 0.366 e. The zero-order valence-corrected chi connectivity index (χ0v) is 20.6. The smallest absolute Gasteiger partial charge is 0.229 e. The molecule has 8 heteroatoms. The predicted molar refractivity (Wildman–Crippen MR) is 136 cm³/mol. The molecule has 1 aliphatic rings. The van der Waals surface area contributed by atoms with Crippen molar-refractivity contribution in [2.24, 2.45) is 0 Å². The summed E-state index contributed by atoms with van der Waals surface area (Å²) in [6.07, 6.45) is 7.35. The number of pyridine rings is 1. The second-order valence-electron chi connectivity index (χ2n) is 8.76. The standard InChI is InChI=1S/C26H27BrN6O/c1-18(20-8-3-2-4-9-20)26(34)32-12-6-10-21(17-32)23-13-24(29-15-19-7-5-11-28-14-19)33-25(31-23)22(27)16-30-33/h2-5,7-9,11,13-14,16,18,21,29H,6,10,12,15,17H2,1H3. The van der Waals surface area contributed by atoms with Crippen LogP contribution in [0.15, 0.2) is 71.6 Å². The van der Waals surface area contributed by atoms with Crippen molar-refractivity contribution >= 4 is 33.3 Å². The van der Waals surface area contributed by atoms with E-state index in [1.165, 1.54) is 0 Å². The maximum absolute atomic E-state index is 13.3. The summed E-state index contributed by atoms with van der Waals surface area (Å²) in [4.78, 5) is 24.4. The molecule has 1 aliphatic heterocycles. The van der Waals surface area contributed by atoms with Gasteiger partial charge < -0.3 is 10.2 Å². The SMILES string of the molecule is CC(C(=O)N1CCCC(c2cc(NCc3cccnc3)n3ncc(Br)c3n2)C1)c1ccccc1. The van der Waals surface area contributed by atoms with Crippen molar-refractivity contribution in [2.45, 2.75) is 38.1 Å². The topological polar surface area (TPSA) is 75.4 Å². The number of aromatic nitrogens is 4. The Morgan fingerprint density at radius 1 is 1.21 bits per heavy atom. The number of piperidine rings is 1. The Bertz CT molecular complexity index is 1280. The fourth-order valence-electron chi connectivity index (χ4n) is 4.56. The van der Waals surface area contributed by atoms with Gasteiger partial charge in [0.2, 0.25) is 5.91 Å². The van der Waals surface area contributed by atoms with Crippen LogP contribution in [0.25, 0.3) is 5.65 Å². The highest BCUT2D eigenvalue weighted by Crippen LogP contribution is 2.31. The van der Waals surface area contributed by atoms with Crippen molar-refractivity contribution in [3.63, 3.8) is 0 Å². The van der Waals surface area contributed by atoms with Crippen LogP contribution in [0.1, 0.15) is 48.4 Å². The number of rotatable bonds is 6. The van der Waals surface area contributed by atoms with Crippen molar-refractivity contribution in [2.75, 3.05) is 18.4 Å². The molecule has 1 saturated heterocycles. The number of amides is 1. The molecule has 1 amide bonds. The average molecular weight is 519 g/mol. The summed E-state index contributed by atoms with van der Waals surface area (Å²) in [6.45, 7) is 4.09. The summed E-state index contributed by atoms with van der Waals surface area (Å²) in [5.74, 6) is 1.07. The molecule has 1 N–H and O–H groups in total. The van der Waals surface area contributed by atoms with Crippen LogP contribution in [0.5, 0.6) is 0 Å². The molecule has 0 saturated carbocycles. The molecular formula is C26H27BrN6O. The highest BCUT2D eigenvalue weighted by atomic mass is 79.9. The number of hydrogen-bond acceptors (Lipinski definition) is 5. The van der Waals surface area contributed by atoms with E-state index in [9.17, 15) is 4.79 Å². The number of carbonyl (C=O) groups is 1. The molecule has 1 aromatic carbocycles. The first-order chi connectivity index (χ1) is 16.6. The number of anilines is 1. The first-order valence-corrected chi connectivity index (χ1v) is 12.4. The van der Waals surface area contributed by atoms with Crippen LogP contribution >= 0.6 is 15.9 Å². The van der Waals surface area contributed by atoms with E-state index in [4.69, 9.17) is 4.98 Å². The van der Waals surface area contributed by atoms with E-state index in [1.807, 2.05) is 65.0 Å². The number of halogens is 1. The molecule has 0 aliphatic carbocycles. The lowest BCUT2D eigenvalue weighted by Gasteiger charge is -2.34. The van der Waals surface area contributed by atoms with Gasteiger partial charge in [0, 0.05) is 44.0 Å². The Kier molecular flexibility index (Phi) is 6.58. The number of nitrogens with zero attached hydrogens (tertiary/aromatic N) is 5. The molecule has 3 aromatic heterocycles. The van der Waals surface area contributed by atoms with Crippen molar-refractivity contribution in [1.29, 1.82) is 0 Å². The summed E-state index contributed by atoms with van der Waals surface area (Å²) in [6, 6.07) is 16.0. The van der Waals surface area contributed by atoms with E-state index in [1.54, 1.807) is 12.4 Å². The lowest BCUT2D eigenvalue weighted by Crippen LogP contribution is -2.41. The third-order valence-corrected chi connectivity index (χ3v) is 7.03. The van der Waals surface area contributed by atoms with E-state index < -0.39 is 0 Å². The maximum Gasteiger partial charge on any atom is 0.229 e. The van der Waals surface area contributed by atoms with Crippen LogP contribution < -0.4 is 5.32 Å². The van der Waals surface area contributed by atoms with Crippen LogP contribution in [-0.2, 0) is 11.3 Å². The molecule has 0 spiro atoms. The van der Waals surface area contributed by atoms with Crippen LogP contribution in [0.2, 0.25) is 0 Å². The highest BCUT2D eigenvalue weighted by molar-refractivity contribution is 9.10. The number of likely N-dealkylation sites (tertiary alicyclic amines) is 1. The Morgan fingerprint density at radius 3 is 2.85 bits per heavy atom. The highest BCUT2D eigenvalue weighted by Gasteiger charge is 2.29. The molecule has 7 nitrogen and oxygen atoms in total. The lowest BCUT2D eigenvalue weighted by molar-refractivity contribution is -0.133. The van der Waals surface area contributed by atoms with Crippen LogP contribution in [0.4, 0.5) is 5.82 Å². The number of hydrogen-bond donors (Lipinski definition) is 1. The molecule has 4 heterocycles. The minimum Gasteiger partial charge on any atom is -0.366 e. The average Bonchev–Trinajstić information content (AvgIpc) is 3.28. The number of fused-ring (bicyclic) bond motifs is 1. The molecule has 0 radical (unpaired) electrons. The summed E-state index contributed by atoms with van der Waals surface area (Å²) in [5, 5.41) is 7.97. The van der Waals surface area contributed by atoms with E-state index in [-0.39, 0.29) is 17.7 Å².